The molecule has 3 nitrogen and oxygen atoms in total. The van der Waals surface area contributed by atoms with Gasteiger partial charge in [0.15, 0.2) is 0 Å². The van der Waals surface area contributed by atoms with Gasteiger partial charge in [-0.25, -0.2) is 4.39 Å². The molecule has 0 radical (unpaired) electrons. The lowest BCUT2D eigenvalue weighted by molar-refractivity contribution is -0.112. The molecule has 6 heteroatoms. The van der Waals surface area contributed by atoms with Gasteiger partial charge in [0, 0.05) is 8.95 Å². The third kappa shape index (κ3) is 5.41. The fourth-order valence-corrected chi connectivity index (χ4v) is 3.57. The van der Waals surface area contributed by atoms with Crippen LogP contribution in [0.5, 0.6) is 0 Å². The van der Waals surface area contributed by atoms with E-state index in [0.29, 0.717) is 6.42 Å². The maximum atomic E-state index is 13.8. The molecule has 3 aromatic rings. The van der Waals surface area contributed by atoms with Crippen LogP contribution in [0.15, 0.2) is 81.2 Å². The van der Waals surface area contributed by atoms with Crippen LogP contribution in [0, 0.1) is 17.1 Å². The van der Waals surface area contributed by atoms with Gasteiger partial charge < -0.3 is 5.32 Å². The highest BCUT2D eigenvalue weighted by atomic mass is 79.9. The van der Waals surface area contributed by atoms with Gasteiger partial charge in [0.05, 0.1) is 5.69 Å². The van der Waals surface area contributed by atoms with Gasteiger partial charge in [-0.15, -0.1) is 0 Å². The molecular formula is C23H15Br2FN2O. The number of carbonyl (C=O) groups excluding carboxylic acids is 1. The lowest BCUT2D eigenvalue weighted by Crippen LogP contribution is -2.14. The summed E-state index contributed by atoms with van der Waals surface area (Å²) < 4.78 is 15.6. The van der Waals surface area contributed by atoms with Gasteiger partial charge in [0.1, 0.15) is 17.5 Å². The molecule has 1 amide bonds. The van der Waals surface area contributed by atoms with E-state index < -0.39 is 11.7 Å². The van der Waals surface area contributed by atoms with Crippen LogP contribution in [-0.4, -0.2) is 5.91 Å². The Bertz CT molecular complexity index is 1140. The summed E-state index contributed by atoms with van der Waals surface area (Å²) in [5.74, 6) is -1.22. The van der Waals surface area contributed by atoms with Crippen LogP contribution < -0.4 is 5.32 Å². The highest BCUT2D eigenvalue weighted by molar-refractivity contribution is 9.10. The Balaban J connectivity index is 1.94. The molecule has 1 N–H and O–H groups in total. The first-order chi connectivity index (χ1) is 14.0. The summed E-state index contributed by atoms with van der Waals surface area (Å²) in [7, 11) is 0. The van der Waals surface area contributed by atoms with Crippen LogP contribution in [-0.2, 0) is 11.2 Å². The molecule has 0 saturated heterocycles. The number of hydrogen-bond donors (Lipinski definition) is 1. The van der Waals surface area contributed by atoms with Gasteiger partial charge >= 0.3 is 0 Å². The maximum absolute atomic E-state index is 13.8. The topological polar surface area (TPSA) is 52.9 Å². The first kappa shape index (κ1) is 21.0. The summed E-state index contributed by atoms with van der Waals surface area (Å²) in [5.41, 5.74) is 2.68. The van der Waals surface area contributed by atoms with E-state index in [4.69, 9.17) is 0 Å². The van der Waals surface area contributed by atoms with Crippen molar-refractivity contribution in [1.82, 2.24) is 0 Å². The van der Waals surface area contributed by atoms with E-state index in [9.17, 15) is 14.4 Å². The Morgan fingerprint density at radius 3 is 2.48 bits per heavy atom. The second-order valence-corrected chi connectivity index (χ2v) is 7.99. The molecule has 0 aromatic heterocycles. The van der Waals surface area contributed by atoms with Crippen molar-refractivity contribution in [3.63, 3.8) is 0 Å². The van der Waals surface area contributed by atoms with Crippen molar-refractivity contribution in [3.05, 3.63) is 104 Å². The average Bonchev–Trinajstić information content (AvgIpc) is 2.71. The number of carbonyl (C=O) groups is 1. The van der Waals surface area contributed by atoms with Crippen molar-refractivity contribution < 1.29 is 9.18 Å². The molecule has 0 spiro atoms. The number of amides is 1. The minimum absolute atomic E-state index is 0.0290. The number of anilines is 1. The van der Waals surface area contributed by atoms with Crippen LogP contribution in [0.3, 0.4) is 0 Å². The minimum Gasteiger partial charge on any atom is -0.319 e. The molecule has 29 heavy (non-hydrogen) atoms. The standard InChI is InChI=1S/C23H15Br2FN2O/c24-19-10-9-15(11-16-5-1-2-6-20(16)25)17(13-19)12-18(14-27)23(29)28-22-8-4-3-7-21(22)26/h1-10,12-13H,11H2,(H,28,29)/b18-12+. The molecule has 0 aliphatic rings. The predicted octanol–water partition coefficient (Wildman–Crippen LogP) is 6.49. The SMILES string of the molecule is N#C/C(=C\c1cc(Br)ccc1Cc1ccccc1Br)C(=O)Nc1ccccc1F. The van der Waals surface area contributed by atoms with E-state index >= 15 is 0 Å². The molecular weight excluding hydrogens is 499 g/mol. The van der Waals surface area contributed by atoms with Crippen LogP contribution in [0.1, 0.15) is 16.7 Å². The summed E-state index contributed by atoms with van der Waals surface area (Å²) in [6.07, 6.45) is 2.14. The van der Waals surface area contributed by atoms with Gasteiger partial charge in [-0.1, -0.05) is 68.3 Å². The van der Waals surface area contributed by atoms with Crippen LogP contribution in [0.25, 0.3) is 6.08 Å². The van der Waals surface area contributed by atoms with Crippen LogP contribution in [0.2, 0.25) is 0 Å². The van der Waals surface area contributed by atoms with E-state index in [1.165, 1.54) is 24.3 Å². The zero-order chi connectivity index (χ0) is 20.8. The van der Waals surface area contributed by atoms with Gasteiger partial charge in [-0.2, -0.15) is 5.26 Å². The van der Waals surface area contributed by atoms with E-state index in [2.05, 4.69) is 37.2 Å². The number of benzene rings is 3. The molecule has 0 aliphatic heterocycles. The number of para-hydroxylation sites is 1. The highest BCUT2D eigenvalue weighted by Crippen LogP contribution is 2.25. The summed E-state index contributed by atoms with van der Waals surface area (Å²) in [4.78, 5) is 12.5. The normalized spacial score (nSPS) is 11.0. The molecule has 3 rings (SSSR count). The first-order valence-corrected chi connectivity index (χ1v) is 10.3. The first-order valence-electron chi connectivity index (χ1n) is 8.67. The molecule has 144 valence electrons. The molecule has 0 fully saturated rings. The highest BCUT2D eigenvalue weighted by Gasteiger charge is 2.13. The van der Waals surface area contributed by atoms with Crippen molar-refractivity contribution in [2.24, 2.45) is 0 Å². The number of halogens is 3. The summed E-state index contributed by atoms with van der Waals surface area (Å²) in [5, 5.41) is 12.0. The molecule has 0 unspecified atom stereocenters. The monoisotopic (exact) mass is 512 g/mol. The lowest BCUT2D eigenvalue weighted by atomic mass is 9.98. The van der Waals surface area contributed by atoms with E-state index in [-0.39, 0.29) is 11.3 Å². The van der Waals surface area contributed by atoms with Gasteiger partial charge in [0.25, 0.3) is 5.91 Å². The molecule has 3 aromatic carbocycles. The zero-order valence-corrected chi connectivity index (χ0v) is 18.3. The van der Waals surface area contributed by atoms with Gasteiger partial charge in [-0.05, 0) is 59.5 Å². The van der Waals surface area contributed by atoms with Crippen LogP contribution >= 0.6 is 31.9 Å². The van der Waals surface area contributed by atoms with Crippen molar-refractivity contribution >= 4 is 49.5 Å². The lowest BCUT2D eigenvalue weighted by Gasteiger charge is -2.10. The molecule has 0 atom stereocenters. The van der Waals surface area contributed by atoms with Gasteiger partial charge in [-0.3, -0.25) is 4.79 Å². The average molecular weight is 514 g/mol. The minimum atomic E-state index is -0.663. The smallest absolute Gasteiger partial charge is 0.266 e. The fourth-order valence-electron chi connectivity index (χ4n) is 2.76. The van der Waals surface area contributed by atoms with E-state index in [1.807, 2.05) is 48.5 Å². The quantitative estimate of drug-likeness (QED) is 0.313. The van der Waals surface area contributed by atoms with Crippen molar-refractivity contribution in [1.29, 1.82) is 5.26 Å². The largest absolute Gasteiger partial charge is 0.319 e. The molecule has 0 bridgehead atoms. The predicted molar refractivity (Wildman–Crippen MR) is 120 cm³/mol. The Morgan fingerprint density at radius 1 is 1.03 bits per heavy atom. The van der Waals surface area contributed by atoms with Crippen molar-refractivity contribution in [2.45, 2.75) is 6.42 Å². The second-order valence-electron chi connectivity index (χ2n) is 6.22. The summed E-state index contributed by atoms with van der Waals surface area (Å²) in [6.45, 7) is 0. The maximum Gasteiger partial charge on any atom is 0.266 e. The van der Waals surface area contributed by atoms with E-state index in [0.717, 1.165) is 25.6 Å². The van der Waals surface area contributed by atoms with Gasteiger partial charge in [0.2, 0.25) is 0 Å². The van der Waals surface area contributed by atoms with E-state index in [1.54, 1.807) is 6.07 Å². The third-order valence-electron chi connectivity index (χ3n) is 4.23. The number of nitrogens with zero attached hydrogens (tertiary/aromatic N) is 1. The number of nitrogens with one attached hydrogen (secondary N) is 1. The van der Waals surface area contributed by atoms with Crippen LogP contribution in [0.4, 0.5) is 10.1 Å². The summed E-state index contributed by atoms with van der Waals surface area (Å²) >= 11 is 6.98. The molecule has 0 aliphatic carbocycles. The number of hydrogen-bond acceptors (Lipinski definition) is 2. The number of nitriles is 1. The Hall–Kier alpha value is -2.75. The Kier molecular flexibility index (Phi) is 6.97. The zero-order valence-electron chi connectivity index (χ0n) is 15.1. The Labute approximate surface area is 185 Å². The molecule has 0 saturated carbocycles. The third-order valence-corrected chi connectivity index (χ3v) is 5.50. The number of rotatable bonds is 5. The van der Waals surface area contributed by atoms with Crippen molar-refractivity contribution in [3.8, 4) is 6.07 Å². The molecule has 0 heterocycles. The summed E-state index contributed by atoms with van der Waals surface area (Å²) in [6, 6.07) is 21.3. The fraction of sp³-hybridized carbons (Fsp3) is 0.0435. The Morgan fingerprint density at radius 2 is 1.76 bits per heavy atom. The second kappa shape index (κ2) is 9.64. The van der Waals surface area contributed by atoms with Crippen molar-refractivity contribution in [2.75, 3.05) is 5.32 Å².